The number of hydrogen-bond acceptors (Lipinski definition) is 3. The number of carbonyl (C=O) groups excluding carboxylic acids is 1. The van der Waals surface area contributed by atoms with Gasteiger partial charge in [-0.2, -0.15) is 0 Å². The van der Waals surface area contributed by atoms with Gasteiger partial charge in [-0.05, 0) is 32.1 Å². The van der Waals surface area contributed by atoms with Gasteiger partial charge < -0.3 is 4.90 Å². The van der Waals surface area contributed by atoms with E-state index in [-0.39, 0.29) is 6.54 Å². The maximum atomic E-state index is 13.6. The minimum Gasteiger partial charge on any atom is -0.308 e. The third-order valence-electron chi connectivity index (χ3n) is 3.10. The molecule has 3 nitrogen and oxygen atoms in total. The summed E-state index contributed by atoms with van der Waals surface area (Å²) in [4.78, 5) is 16.1. The lowest BCUT2D eigenvalue weighted by Crippen LogP contribution is -2.38. The van der Waals surface area contributed by atoms with E-state index in [0.717, 1.165) is 25.2 Å². The van der Waals surface area contributed by atoms with Crippen LogP contribution in [0.5, 0.6) is 0 Å². The Balaban J connectivity index is 2.79. The average molecular weight is 298 g/mol. The van der Waals surface area contributed by atoms with E-state index in [9.17, 15) is 13.6 Å². The van der Waals surface area contributed by atoms with Crippen LogP contribution < -0.4 is 0 Å². The molecule has 0 N–H and O–H groups in total. The quantitative estimate of drug-likeness (QED) is 0.689. The first-order valence-corrected chi connectivity index (χ1v) is 7.15. The first-order valence-electron chi connectivity index (χ1n) is 7.15. The Bertz CT molecular complexity index is 455. The first-order chi connectivity index (χ1) is 9.81. The summed E-state index contributed by atoms with van der Waals surface area (Å²) in [5.41, 5.74) is -0.434. The SMILES string of the molecule is CC(C)CN(CCN(C)C)CC(=O)c1c(F)cccc1F. The fourth-order valence-corrected chi connectivity index (χ4v) is 2.14. The molecule has 0 aliphatic rings. The Hall–Kier alpha value is -1.33. The van der Waals surface area contributed by atoms with Gasteiger partial charge in [-0.3, -0.25) is 9.69 Å². The molecule has 0 amide bonds. The number of hydrogen-bond donors (Lipinski definition) is 0. The number of ketones is 1. The molecule has 21 heavy (non-hydrogen) atoms. The van der Waals surface area contributed by atoms with Crippen molar-refractivity contribution in [3.05, 3.63) is 35.4 Å². The van der Waals surface area contributed by atoms with E-state index in [2.05, 4.69) is 13.8 Å². The lowest BCUT2D eigenvalue weighted by molar-refractivity contribution is 0.0907. The van der Waals surface area contributed by atoms with Gasteiger partial charge in [0.15, 0.2) is 5.78 Å². The van der Waals surface area contributed by atoms with E-state index in [4.69, 9.17) is 0 Å². The number of benzene rings is 1. The second kappa shape index (κ2) is 8.20. The lowest BCUT2D eigenvalue weighted by atomic mass is 10.1. The molecule has 0 radical (unpaired) electrons. The van der Waals surface area contributed by atoms with Crippen molar-refractivity contribution in [1.82, 2.24) is 9.80 Å². The molecule has 5 heteroatoms. The molecule has 0 atom stereocenters. The molecule has 0 aromatic heterocycles. The van der Waals surface area contributed by atoms with E-state index >= 15 is 0 Å². The molecule has 0 saturated heterocycles. The van der Waals surface area contributed by atoms with E-state index < -0.39 is 23.0 Å². The highest BCUT2D eigenvalue weighted by Gasteiger charge is 2.20. The molecule has 0 aliphatic heterocycles. The van der Waals surface area contributed by atoms with Crippen molar-refractivity contribution in [2.24, 2.45) is 5.92 Å². The molecule has 0 spiro atoms. The predicted octanol–water partition coefficient (Wildman–Crippen LogP) is 2.67. The standard InChI is InChI=1S/C16H24F2N2O/c1-12(2)10-20(9-8-19(3)4)11-15(21)16-13(17)6-5-7-14(16)18/h5-7,12H,8-11H2,1-4H3. The Morgan fingerprint density at radius 1 is 1.14 bits per heavy atom. The highest BCUT2D eigenvalue weighted by Crippen LogP contribution is 2.13. The molecule has 0 heterocycles. The van der Waals surface area contributed by atoms with Crippen LogP contribution in [0, 0.1) is 17.6 Å². The smallest absolute Gasteiger partial charge is 0.182 e. The van der Waals surface area contributed by atoms with Crippen molar-refractivity contribution in [2.45, 2.75) is 13.8 Å². The molecule has 0 unspecified atom stereocenters. The second-order valence-corrected chi connectivity index (χ2v) is 5.95. The lowest BCUT2D eigenvalue weighted by Gasteiger charge is -2.25. The predicted molar refractivity (Wildman–Crippen MR) is 80.5 cm³/mol. The Morgan fingerprint density at radius 3 is 2.19 bits per heavy atom. The van der Waals surface area contributed by atoms with Gasteiger partial charge in [0.2, 0.25) is 0 Å². The molecule has 0 aliphatic carbocycles. The van der Waals surface area contributed by atoms with Crippen LogP contribution in [-0.4, -0.2) is 55.9 Å². The highest BCUT2D eigenvalue weighted by molar-refractivity contribution is 5.98. The van der Waals surface area contributed by atoms with Crippen molar-refractivity contribution >= 4 is 5.78 Å². The Labute approximate surface area is 125 Å². The van der Waals surface area contributed by atoms with Crippen LogP contribution in [0.3, 0.4) is 0 Å². The summed E-state index contributed by atoms with van der Waals surface area (Å²) in [7, 11) is 3.90. The topological polar surface area (TPSA) is 23.6 Å². The third kappa shape index (κ3) is 5.89. The largest absolute Gasteiger partial charge is 0.308 e. The number of rotatable bonds is 8. The number of nitrogens with zero attached hydrogens (tertiary/aromatic N) is 2. The van der Waals surface area contributed by atoms with Crippen molar-refractivity contribution in [3.8, 4) is 0 Å². The van der Waals surface area contributed by atoms with Gasteiger partial charge in [0, 0.05) is 19.6 Å². The van der Waals surface area contributed by atoms with E-state index in [1.807, 2.05) is 23.9 Å². The molecular formula is C16H24F2N2O. The molecule has 0 saturated carbocycles. The molecule has 1 aromatic rings. The minimum absolute atomic E-state index is 0.0316. The van der Waals surface area contributed by atoms with E-state index in [1.165, 1.54) is 6.07 Å². The van der Waals surface area contributed by atoms with Crippen molar-refractivity contribution in [2.75, 3.05) is 40.3 Å². The van der Waals surface area contributed by atoms with Gasteiger partial charge in [0.1, 0.15) is 11.6 Å². The first kappa shape index (κ1) is 17.7. The monoisotopic (exact) mass is 298 g/mol. The summed E-state index contributed by atoms with van der Waals surface area (Å²) < 4.78 is 27.3. The molecule has 0 fully saturated rings. The van der Waals surface area contributed by atoms with Gasteiger partial charge in [-0.25, -0.2) is 8.78 Å². The van der Waals surface area contributed by atoms with Gasteiger partial charge in [-0.15, -0.1) is 0 Å². The summed E-state index contributed by atoms with van der Waals surface area (Å²) in [5.74, 6) is -1.72. The third-order valence-corrected chi connectivity index (χ3v) is 3.10. The molecule has 118 valence electrons. The minimum atomic E-state index is -0.794. The van der Waals surface area contributed by atoms with Crippen LogP contribution in [0.25, 0.3) is 0 Å². The molecule has 1 rings (SSSR count). The maximum absolute atomic E-state index is 13.6. The van der Waals surface area contributed by atoms with Crippen molar-refractivity contribution in [1.29, 1.82) is 0 Å². The molecule has 0 bridgehead atoms. The summed E-state index contributed by atoms with van der Waals surface area (Å²) in [5, 5.41) is 0. The summed E-state index contributed by atoms with van der Waals surface area (Å²) in [6.45, 7) is 6.33. The molecular weight excluding hydrogens is 274 g/mol. The average Bonchev–Trinajstić information content (AvgIpc) is 2.35. The zero-order chi connectivity index (χ0) is 16.0. The molecule has 1 aromatic carbocycles. The van der Waals surface area contributed by atoms with Gasteiger partial charge >= 0.3 is 0 Å². The summed E-state index contributed by atoms with van der Waals surface area (Å²) in [6, 6.07) is 3.49. The van der Waals surface area contributed by atoms with Gasteiger partial charge in [0.05, 0.1) is 12.1 Å². The maximum Gasteiger partial charge on any atom is 0.182 e. The Morgan fingerprint density at radius 2 is 1.71 bits per heavy atom. The second-order valence-electron chi connectivity index (χ2n) is 5.95. The fraction of sp³-hybridized carbons (Fsp3) is 0.562. The summed E-state index contributed by atoms with van der Waals surface area (Å²) >= 11 is 0. The highest BCUT2D eigenvalue weighted by atomic mass is 19.1. The van der Waals surface area contributed by atoms with Gasteiger partial charge in [0.25, 0.3) is 0 Å². The van der Waals surface area contributed by atoms with Crippen molar-refractivity contribution < 1.29 is 13.6 Å². The van der Waals surface area contributed by atoms with Crippen molar-refractivity contribution in [3.63, 3.8) is 0 Å². The number of Topliss-reactive ketones (excluding diaryl/α,β-unsaturated/α-hetero) is 1. The van der Waals surface area contributed by atoms with Crippen LogP contribution in [0.4, 0.5) is 8.78 Å². The normalized spacial score (nSPS) is 11.7. The number of carbonyl (C=O) groups is 1. The van der Waals surface area contributed by atoms with Crippen LogP contribution >= 0.6 is 0 Å². The van der Waals surface area contributed by atoms with Crippen LogP contribution in [0.2, 0.25) is 0 Å². The Kier molecular flexibility index (Phi) is 6.92. The van der Waals surface area contributed by atoms with E-state index in [1.54, 1.807) is 0 Å². The number of halogens is 2. The fourth-order valence-electron chi connectivity index (χ4n) is 2.14. The zero-order valence-corrected chi connectivity index (χ0v) is 13.2. The van der Waals surface area contributed by atoms with Crippen LogP contribution in [0.15, 0.2) is 18.2 Å². The van der Waals surface area contributed by atoms with E-state index in [0.29, 0.717) is 12.5 Å². The number of likely N-dealkylation sites (N-methyl/N-ethyl adjacent to an activating group) is 1. The van der Waals surface area contributed by atoms with Gasteiger partial charge in [-0.1, -0.05) is 19.9 Å². The summed E-state index contributed by atoms with van der Waals surface area (Å²) in [6.07, 6.45) is 0. The van der Waals surface area contributed by atoms with Crippen LogP contribution in [0.1, 0.15) is 24.2 Å². The van der Waals surface area contributed by atoms with Crippen LogP contribution in [-0.2, 0) is 0 Å². The zero-order valence-electron chi connectivity index (χ0n) is 13.2.